The summed E-state index contributed by atoms with van der Waals surface area (Å²) in [6.45, 7) is 4.08. The number of hydrogen-bond acceptors (Lipinski definition) is 8. The van der Waals surface area contributed by atoms with Crippen LogP contribution in [0.2, 0.25) is 0 Å². The minimum atomic E-state index is -4.72. The van der Waals surface area contributed by atoms with Gasteiger partial charge in [0, 0.05) is 36.6 Å². The molecule has 10 nitrogen and oxygen atoms in total. The van der Waals surface area contributed by atoms with Crippen molar-refractivity contribution >= 4 is 22.3 Å². The van der Waals surface area contributed by atoms with Crippen molar-refractivity contribution in [2.45, 2.75) is 44.4 Å². The van der Waals surface area contributed by atoms with Crippen LogP contribution in [-0.2, 0) is 6.54 Å². The number of nitro groups is 1. The summed E-state index contributed by atoms with van der Waals surface area (Å²) in [4.78, 5) is 16.6. The van der Waals surface area contributed by atoms with Gasteiger partial charge in [0.2, 0.25) is 0 Å². The predicted molar refractivity (Wildman–Crippen MR) is 146 cm³/mol. The fourth-order valence-electron chi connectivity index (χ4n) is 5.23. The van der Waals surface area contributed by atoms with E-state index >= 15 is 0 Å². The summed E-state index contributed by atoms with van der Waals surface area (Å²) in [7, 11) is 0. The molecule has 220 valence electrons. The molecule has 6 rings (SSSR count). The Labute approximate surface area is 238 Å². The number of alkyl halides is 3. The summed E-state index contributed by atoms with van der Waals surface area (Å²) >= 11 is 0. The van der Waals surface area contributed by atoms with Crippen molar-refractivity contribution in [2.75, 3.05) is 24.6 Å². The van der Waals surface area contributed by atoms with E-state index in [2.05, 4.69) is 26.8 Å². The van der Waals surface area contributed by atoms with Crippen LogP contribution in [0.25, 0.3) is 10.8 Å². The molecule has 1 fully saturated rings. The van der Waals surface area contributed by atoms with E-state index in [1.54, 1.807) is 4.57 Å². The number of benzene rings is 3. The molecule has 0 spiro atoms. The summed E-state index contributed by atoms with van der Waals surface area (Å²) < 4.78 is 60.5. The third kappa shape index (κ3) is 6.14. The largest absolute Gasteiger partial charge is 0.573 e. The zero-order chi connectivity index (χ0) is 29.5. The normalized spacial score (nSPS) is 18.9. The molecule has 42 heavy (non-hydrogen) atoms. The van der Waals surface area contributed by atoms with Gasteiger partial charge in [0.25, 0.3) is 0 Å². The molecule has 1 aromatic heterocycles. The summed E-state index contributed by atoms with van der Waals surface area (Å²) in [6, 6.07) is 17.8. The van der Waals surface area contributed by atoms with Crippen LogP contribution in [0.3, 0.4) is 0 Å². The van der Waals surface area contributed by atoms with E-state index < -0.39 is 16.9 Å². The van der Waals surface area contributed by atoms with E-state index in [1.165, 1.54) is 30.5 Å². The van der Waals surface area contributed by atoms with Gasteiger partial charge in [0.1, 0.15) is 36.2 Å². The maximum absolute atomic E-state index is 12.4. The van der Waals surface area contributed by atoms with Crippen molar-refractivity contribution in [3.8, 4) is 23.3 Å². The van der Waals surface area contributed by atoms with E-state index in [0.29, 0.717) is 18.0 Å². The maximum Gasteiger partial charge on any atom is 0.573 e. The molecule has 0 aliphatic carbocycles. The summed E-state index contributed by atoms with van der Waals surface area (Å²) in [5, 5.41) is 13.0. The van der Waals surface area contributed by atoms with Crippen LogP contribution >= 0.6 is 0 Å². The third-order valence-corrected chi connectivity index (χ3v) is 7.26. The van der Waals surface area contributed by atoms with E-state index in [-0.39, 0.29) is 30.3 Å². The average Bonchev–Trinajstić information content (AvgIpc) is 3.48. The lowest BCUT2D eigenvalue weighted by Crippen LogP contribution is -2.38. The number of fused-ring (bicyclic) bond motifs is 2. The molecule has 13 heteroatoms. The third-order valence-electron chi connectivity index (χ3n) is 7.26. The van der Waals surface area contributed by atoms with Gasteiger partial charge < -0.3 is 34.0 Å². The van der Waals surface area contributed by atoms with Crippen LogP contribution in [0, 0.1) is 10.1 Å². The van der Waals surface area contributed by atoms with Gasteiger partial charge in [-0.25, -0.2) is 0 Å². The van der Waals surface area contributed by atoms with Crippen LogP contribution in [-0.4, -0.2) is 52.2 Å². The number of hydrogen-bond donors (Lipinski definition) is 0. The van der Waals surface area contributed by atoms with Gasteiger partial charge in [0.15, 0.2) is 5.60 Å². The Bertz CT molecular complexity index is 1580. The first-order chi connectivity index (χ1) is 20.0. The Morgan fingerprint density at radius 2 is 1.69 bits per heavy atom. The Morgan fingerprint density at radius 3 is 2.38 bits per heavy atom. The molecule has 1 saturated heterocycles. The van der Waals surface area contributed by atoms with Crippen LogP contribution in [0.5, 0.6) is 23.3 Å². The Kier molecular flexibility index (Phi) is 6.95. The quantitative estimate of drug-likeness (QED) is 0.180. The summed E-state index contributed by atoms with van der Waals surface area (Å²) in [5.41, 5.74) is 0.399. The van der Waals surface area contributed by atoms with E-state index in [1.807, 2.05) is 31.2 Å². The van der Waals surface area contributed by atoms with Crippen LogP contribution in [0.4, 0.5) is 24.7 Å². The molecular weight excluding hydrogens is 557 g/mol. The van der Waals surface area contributed by atoms with Gasteiger partial charge in [-0.1, -0.05) is 12.1 Å². The highest BCUT2D eigenvalue weighted by Crippen LogP contribution is 2.33. The van der Waals surface area contributed by atoms with Crippen molar-refractivity contribution in [3.05, 3.63) is 77.0 Å². The fraction of sp³-hybridized carbons (Fsp3) is 0.345. The fourth-order valence-corrected chi connectivity index (χ4v) is 5.23. The zero-order valence-corrected chi connectivity index (χ0v) is 22.5. The standard InChI is InChI=1S/C29H27F3N4O6/c1-28(17-35-16-26(36(37)38)33-27(35)42-28)18-39-25-5-3-19-14-21(4-2-20(19)15-25)34-12-10-23(11-13-34)40-22-6-8-24(9-7-22)41-29(30,31)32/h2-9,14-16,23H,10-13,17-18H2,1H3/t28-/m1/s1. The lowest BCUT2D eigenvalue weighted by Gasteiger charge is -2.34. The van der Waals surface area contributed by atoms with Crippen molar-refractivity contribution in [2.24, 2.45) is 0 Å². The predicted octanol–water partition coefficient (Wildman–Crippen LogP) is 6.12. The highest BCUT2D eigenvalue weighted by atomic mass is 19.4. The minimum Gasteiger partial charge on any atom is -0.490 e. The summed E-state index contributed by atoms with van der Waals surface area (Å²) in [5.74, 6) is 0.675. The van der Waals surface area contributed by atoms with Crippen molar-refractivity contribution in [1.82, 2.24) is 9.55 Å². The SMILES string of the molecule is C[C@]1(COc2ccc3cc(N4CCC(Oc5ccc(OC(F)(F)F)cc5)CC4)ccc3c2)Cn2cc([N+](=O)[O-])nc2O1. The second-order valence-corrected chi connectivity index (χ2v) is 10.6. The van der Waals surface area contributed by atoms with Gasteiger partial charge in [-0.3, -0.25) is 4.57 Å². The van der Waals surface area contributed by atoms with Crippen LogP contribution in [0.1, 0.15) is 19.8 Å². The number of imidazole rings is 1. The van der Waals surface area contributed by atoms with Crippen LogP contribution < -0.4 is 23.8 Å². The number of piperidine rings is 1. The Morgan fingerprint density at radius 1 is 1.02 bits per heavy atom. The number of anilines is 1. The van der Waals surface area contributed by atoms with Crippen molar-refractivity contribution < 1.29 is 37.0 Å². The first-order valence-corrected chi connectivity index (χ1v) is 13.4. The molecule has 0 N–H and O–H groups in total. The number of rotatable bonds is 8. The molecule has 2 aliphatic rings. The number of aromatic nitrogens is 2. The Hall–Kier alpha value is -4.68. The van der Waals surface area contributed by atoms with E-state index in [0.717, 1.165) is 42.4 Å². The molecular formula is C29H27F3N4O6. The highest BCUT2D eigenvalue weighted by molar-refractivity contribution is 5.87. The van der Waals surface area contributed by atoms with E-state index in [4.69, 9.17) is 14.2 Å². The molecule has 1 atom stereocenters. The molecule has 2 aliphatic heterocycles. The monoisotopic (exact) mass is 584 g/mol. The number of halogens is 3. The minimum absolute atomic E-state index is 0.0314. The Balaban J connectivity index is 1.01. The lowest BCUT2D eigenvalue weighted by molar-refractivity contribution is -0.389. The van der Waals surface area contributed by atoms with Crippen molar-refractivity contribution in [1.29, 1.82) is 0 Å². The number of nitrogens with zero attached hydrogens (tertiary/aromatic N) is 4. The van der Waals surface area contributed by atoms with E-state index in [9.17, 15) is 23.3 Å². The molecule has 0 radical (unpaired) electrons. The van der Waals surface area contributed by atoms with Gasteiger partial charge in [-0.05, 0) is 71.2 Å². The highest BCUT2D eigenvalue weighted by Gasteiger charge is 2.41. The molecule has 4 aromatic rings. The topological polar surface area (TPSA) is 101 Å². The first kappa shape index (κ1) is 27.5. The molecule has 3 heterocycles. The van der Waals surface area contributed by atoms with Gasteiger partial charge >= 0.3 is 18.2 Å². The second-order valence-electron chi connectivity index (χ2n) is 10.6. The smallest absolute Gasteiger partial charge is 0.490 e. The molecule has 3 aromatic carbocycles. The van der Waals surface area contributed by atoms with Gasteiger partial charge in [-0.2, -0.15) is 0 Å². The van der Waals surface area contributed by atoms with Crippen molar-refractivity contribution in [3.63, 3.8) is 0 Å². The zero-order valence-electron chi connectivity index (χ0n) is 22.5. The van der Waals surface area contributed by atoms with Gasteiger partial charge in [-0.15, -0.1) is 13.2 Å². The molecule has 0 saturated carbocycles. The molecule has 0 bridgehead atoms. The maximum atomic E-state index is 12.4. The first-order valence-electron chi connectivity index (χ1n) is 13.4. The van der Waals surface area contributed by atoms with Gasteiger partial charge in [0.05, 0.1) is 6.54 Å². The second kappa shape index (κ2) is 10.6. The lowest BCUT2D eigenvalue weighted by atomic mass is 10.0. The molecule has 0 amide bonds. The average molecular weight is 585 g/mol. The summed E-state index contributed by atoms with van der Waals surface area (Å²) in [6.07, 6.45) is -1.84. The number of ether oxygens (including phenoxy) is 4. The van der Waals surface area contributed by atoms with Crippen LogP contribution in [0.15, 0.2) is 66.9 Å². The molecule has 0 unspecified atom stereocenters.